The van der Waals surface area contributed by atoms with Crippen molar-refractivity contribution >= 4 is 32.6 Å². The lowest BCUT2D eigenvalue weighted by atomic mass is 9.85. The predicted molar refractivity (Wildman–Crippen MR) is 161 cm³/mol. The lowest BCUT2D eigenvalue weighted by Crippen LogP contribution is -2.43. The monoisotopic (exact) mass is 582 g/mol. The van der Waals surface area contributed by atoms with E-state index >= 15 is 0 Å². The van der Waals surface area contributed by atoms with Crippen molar-refractivity contribution in [2.45, 2.75) is 64.0 Å². The maximum atomic E-state index is 12.8. The zero-order valence-electron chi connectivity index (χ0n) is 24.1. The van der Waals surface area contributed by atoms with Crippen molar-refractivity contribution in [2.75, 3.05) is 43.6 Å². The summed E-state index contributed by atoms with van der Waals surface area (Å²) in [6.45, 7) is 5.47. The van der Waals surface area contributed by atoms with Gasteiger partial charge < -0.3 is 19.9 Å². The molecule has 1 aromatic carbocycles. The lowest BCUT2D eigenvalue weighted by molar-refractivity contribution is -0.126. The van der Waals surface area contributed by atoms with Gasteiger partial charge in [0.2, 0.25) is 11.9 Å². The molecular weight excluding hydrogens is 540 g/mol. The van der Waals surface area contributed by atoms with Crippen LogP contribution in [-0.2, 0) is 14.6 Å². The first-order valence-electron chi connectivity index (χ1n) is 14.8. The van der Waals surface area contributed by atoms with E-state index in [9.17, 15) is 13.2 Å². The number of carbonyl (C=O) groups excluding carboxylic acids is 1. The summed E-state index contributed by atoms with van der Waals surface area (Å²) < 4.78 is 30.7. The fourth-order valence-electron chi connectivity index (χ4n) is 6.11. The molecule has 2 aromatic heterocycles. The molecule has 1 saturated carbocycles. The molecule has 11 heteroatoms. The summed E-state index contributed by atoms with van der Waals surface area (Å²) in [7, 11) is -3.01. The molecule has 5 rings (SSSR count). The molecule has 0 bridgehead atoms. The lowest BCUT2D eigenvalue weighted by Gasteiger charge is -2.29. The van der Waals surface area contributed by atoms with Crippen LogP contribution in [0.25, 0.3) is 16.7 Å². The van der Waals surface area contributed by atoms with Crippen molar-refractivity contribution in [1.29, 1.82) is 0 Å². The minimum absolute atomic E-state index is 0.0748. The van der Waals surface area contributed by atoms with Gasteiger partial charge in [0.15, 0.2) is 0 Å². The number of nitrogens with zero attached hydrogens (tertiary/aromatic N) is 4. The summed E-state index contributed by atoms with van der Waals surface area (Å²) in [6, 6.07) is 10.4. The molecule has 1 amide bonds. The van der Waals surface area contributed by atoms with Gasteiger partial charge in [-0.15, -0.1) is 0 Å². The van der Waals surface area contributed by atoms with Gasteiger partial charge in [-0.3, -0.25) is 9.69 Å². The molecule has 3 heterocycles. The average Bonchev–Trinajstić information content (AvgIpc) is 3.61. The van der Waals surface area contributed by atoms with E-state index < -0.39 is 9.84 Å². The molecular formula is C30H42N6O4S. The number of benzene rings is 1. The van der Waals surface area contributed by atoms with E-state index in [1.54, 1.807) is 6.20 Å². The number of likely N-dealkylation sites (N-methyl/N-ethyl adjacent to an activating group) is 1. The fourth-order valence-corrected chi connectivity index (χ4v) is 6.75. The van der Waals surface area contributed by atoms with Crippen LogP contribution in [0.3, 0.4) is 0 Å². The number of nitrogens with one attached hydrogen (secondary N) is 2. The van der Waals surface area contributed by atoms with Gasteiger partial charge >= 0.3 is 0 Å². The van der Waals surface area contributed by atoms with Crippen LogP contribution in [0.2, 0.25) is 0 Å². The molecule has 1 aliphatic heterocycles. The molecule has 1 atom stereocenters. The molecule has 1 unspecified atom stereocenters. The van der Waals surface area contributed by atoms with Gasteiger partial charge in [-0.05, 0) is 82.3 Å². The van der Waals surface area contributed by atoms with Crippen LogP contribution in [0.1, 0.15) is 51.9 Å². The van der Waals surface area contributed by atoms with Gasteiger partial charge in [-0.25, -0.2) is 13.4 Å². The molecule has 1 saturated heterocycles. The Morgan fingerprint density at radius 3 is 2.73 bits per heavy atom. The number of ether oxygens (including phenoxy) is 1. The number of aromatic nitrogens is 3. The third-order valence-corrected chi connectivity index (χ3v) is 9.38. The number of anilines is 1. The molecule has 0 spiro atoms. The smallest absolute Gasteiger partial charge is 0.224 e. The second-order valence-electron chi connectivity index (χ2n) is 11.3. The Kier molecular flexibility index (Phi) is 9.44. The van der Waals surface area contributed by atoms with E-state index in [2.05, 4.69) is 27.4 Å². The van der Waals surface area contributed by atoms with Gasteiger partial charge in [-0.2, -0.15) is 4.98 Å². The van der Waals surface area contributed by atoms with Gasteiger partial charge in [0, 0.05) is 48.6 Å². The minimum Gasteiger partial charge on any atom is -0.493 e. The van der Waals surface area contributed by atoms with Crippen LogP contribution in [0.4, 0.5) is 5.95 Å². The van der Waals surface area contributed by atoms with Crippen LogP contribution >= 0.6 is 0 Å². The minimum atomic E-state index is -3.01. The topological polar surface area (TPSA) is 118 Å². The van der Waals surface area contributed by atoms with Crippen molar-refractivity contribution < 1.29 is 17.9 Å². The Balaban J connectivity index is 1.15. The Morgan fingerprint density at radius 1 is 1.12 bits per heavy atom. The fraction of sp³-hybridized carbons (Fsp3) is 0.567. The molecule has 0 radical (unpaired) electrons. The second kappa shape index (κ2) is 13.2. The number of rotatable bonds is 12. The first-order valence-corrected chi connectivity index (χ1v) is 16.9. The highest BCUT2D eigenvalue weighted by molar-refractivity contribution is 7.90. The maximum Gasteiger partial charge on any atom is 0.224 e. The highest BCUT2D eigenvalue weighted by Crippen LogP contribution is 2.30. The highest BCUT2D eigenvalue weighted by Gasteiger charge is 2.28. The third-order valence-electron chi connectivity index (χ3n) is 8.35. The van der Waals surface area contributed by atoms with Crippen LogP contribution in [0, 0.1) is 5.92 Å². The standard InChI is InChI=1S/C30H42N6O4S/c1-3-35-17-5-7-24(35)21-32-29(37)22-10-12-23(13-11-22)33-30-31-16-14-28(34-30)36-18-15-25-26(36)8-4-9-27(25)40-19-6-20-41(2,38)39/h4,8-9,14-16,18,22-24H,3,5-7,10-13,17,19-21H2,1-2H3,(H,32,37)(H,31,33,34). The number of fused-ring (bicyclic) bond motifs is 1. The number of amides is 1. The Labute approximate surface area is 242 Å². The summed E-state index contributed by atoms with van der Waals surface area (Å²) >= 11 is 0. The zero-order chi connectivity index (χ0) is 28.8. The first-order chi connectivity index (χ1) is 19.8. The summed E-state index contributed by atoms with van der Waals surface area (Å²) in [5.41, 5.74) is 0.946. The summed E-state index contributed by atoms with van der Waals surface area (Å²) in [5, 5.41) is 7.65. The predicted octanol–water partition coefficient (Wildman–Crippen LogP) is 3.81. The molecule has 10 nitrogen and oxygen atoms in total. The zero-order valence-corrected chi connectivity index (χ0v) is 24.9. The van der Waals surface area contributed by atoms with Crippen LogP contribution in [0.15, 0.2) is 42.7 Å². The van der Waals surface area contributed by atoms with Crippen molar-refractivity contribution in [3.8, 4) is 11.6 Å². The molecule has 3 aromatic rings. The maximum absolute atomic E-state index is 12.8. The van der Waals surface area contributed by atoms with E-state index in [1.807, 2.05) is 41.1 Å². The van der Waals surface area contributed by atoms with Crippen LogP contribution < -0.4 is 15.4 Å². The van der Waals surface area contributed by atoms with E-state index in [-0.39, 0.29) is 23.6 Å². The van der Waals surface area contributed by atoms with Crippen molar-refractivity contribution in [1.82, 2.24) is 24.8 Å². The molecule has 2 fully saturated rings. The largest absolute Gasteiger partial charge is 0.493 e. The molecule has 1 aliphatic carbocycles. The molecule has 2 aliphatic rings. The first kappa shape index (κ1) is 29.3. The van der Waals surface area contributed by atoms with Crippen LogP contribution in [-0.4, -0.2) is 84.1 Å². The number of hydrogen-bond acceptors (Lipinski definition) is 8. The normalized spacial score (nSPS) is 21.7. The second-order valence-corrected chi connectivity index (χ2v) is 13.6. The average molecular weight is 583 g/mol. The number of sulfone groups is 1. The van der Waals surface area contributed by atoms with E-state index in [0.717, 1.165) is 62.0 Å². The quantitative estimate of drug-likeness (QED) is 0.310. The summed E-state index contributed by atoms with van der Waals surface area (Å²) in [5.74, 6) is 2.41. The molecule has 2 N–H and O–H groups in total. The Hall–Kier alpha value is -3.18. The Morgan fingerprint density at radius 2 is 1.95 bits per heavy atom. The highest BCUT2D eigenvalue weighted by atomic mass is 32.2. The van der Waals surface area contributed by atoms with E-state index in [4.69, 9.17) is 9.72 Å². The SMILES string of the molecule is CCN1CCCC1CNC(=O)C1CCC(Nc2nccc(-n3ccc4c(OCCCS(C)(=O)=O)cccc43)n2)CC1. The summed E-state index contributed by atoms with van der Waals surface area (Å²) in [6.07, 6.45) is 11.3. The van der Waals surface area contributed by atoms with Gasteiger partial charge in [0.1, 0.15) is 21.4 Å². The molecule has 222 valence electrons. The number of carbonyl (C=O) groups is 1. The summed E-state index contributed by atoms with van der Waals surface area (Å²) in [4.78, 5) is 24.5. The van der Waals surface area contributed by atoms with Crippen LogP contribution in [0.5, 0.6) is 5.75 Å². The van der Waals surface area contributed by atoms with Crippen molar-refractivity contribution in [3.63, 3.8) is 0 Å². The van der Waals surface area contributed by atoms with E-state index in [0.29, 0.717) is 30.8 Å². The Bertz CT molecular complexity index is 1430. The van der Waals surface area contributed by atoms with Gasteiger partial charge in [0.25, 0.3) is 0 Å². The van der Waals surface area contributed by atoms with Crippen molar-refractivity contribution in [2.24, 2.45) is 5.92 Å². The third kappa shape index (κ3) is 7.56. The molecule has 41 heavy (non-hydrogen) atoms. The van der Waals surface area contributed by atoms with Gasteiger partial charge in [-0.1, -0.05) is 13.0 Å². The number of hydrogen-bond donors (Lipinski definition) is 2. The van der Waals surface area contributed by atoms with E-state index in [1.165, 1.54) is 19.1 Å². The number of likely N-dealkylation sites (tertiary alicyclic amines) is 1. The van der Waals surface area contributed by atoms with Crippen molar-refractivity contribution in [3.05, 3.63) is 42.7 Å². The van der Waals surface area contributed by atoms with Gasteiger partial charge in [0.05, 0.1) is 17.9 Å².